The zero-order chi connectivity index (χ0) is 24.9. The predicted octanol–water partition coefficient (Wildman–Crippen LogP) is 3.19. The summed E-state index contributed by atoms with van der Waals surface area (Å²) in [4.78, 5) is 36.6. The normalized spacial score (nSPS) is 19.1. The van der Waals surface area contributed by atoms with Gasteiger partial charge in [-0.3, -0.25) is 9.59 Å². The average Bonchev–Trinajstić information content (AvgIpc) is 3.08. The summed E-state index contributed by atoms with van der Waals surface area (Å²) in [6.07, 6.45) is 9.82. The molecule has 1 saturated carbocycles. The Labute approximate surface area is 211 Å². The molecule has 1 aromatic carbocycles. The van der Waals surface area contributed by atoms with Crippen LogP contribution in [-0.2, 0) is 4.79 Å². The lowest BCUT2D eigenvalue weighted by molar-refractivity contribution is -0.116. The Hall–Kier alpha value is -3.40. The van der Waals surface area contributed by atoms with Gasteiger partial charge < -0.3 is 30.9 Å². The molecule has 0 radical (unpaired) electrons. The van der Waals surface area contributed by atoms with E-state index >= 15 is 0 Å². The summed E-state index contributed by atoms with van der Waals surface area (Å²) in [6, 6.07) is 5.88. The van der Waals surface area contributed by atoms with E-state index in [-0.39, 0.29) is 17.9 Å². The number of ether oxygens (including phenoxy) is 1. The Bertz CT molecular complexity index is 1100. The van der Waals surface area contributed by atoms with Crippen LogP contribution in [0.1, 0.15) is 61.7 Å². The molecule has 0 spiro atoms. The number of nitrogens with one attached hydrogen (secondary N) is 4. The molecule has 2 aliphatic heterocycles. The van der Waals surface area contributed by atoms with Crippen molar-refractivity contribution >= 4 is 35.0 Å². The molecule has 3 heterocycles. The first kappa shape index (κ1) is 24.3. The van der Waals surface area contributed by atoms with Crippen LogP contribution in [0.5, 0.6) is 5.75 Å². The molecular formula is C26H35N7O3. The number of nitrogens with zero attached hydrogens (tertiary/aromatic N) is 3. The Morgan fingerprint density at radius 1 is 1.14 bits per heavy atom. The summed E-state index contributed by atoms with van der Waals surface area (Å²) in [5, 5.41) is 12.6. The molecule has 192 valence electrons. The van der Waals surface area contributed by atoms with Gasteiger partial charge in [-0.1, -0.05) is 19.3 Å². The van der Waals surface area contributed by atoms with Crippen molar-refractivity contribution in [3.63, 3.8) is 0 Å². The summed E-state index contributed by atoms with van der Waals surface area (Å²) in [7, 11) is 1.58. The van der Waals surface area contributed by atoms with Crippen molar-refractivity contribution in [1.82, 2.24) is 20.6 Å². The smallest absolute Gasteiger partial charge is 0.251 e. The number of rotatable bonds is 6. The molecule has 2 amide bonds. The number of hydrogen-bond acceptors (Lipinski definition) is 8. The number of carbonyl (C=O) groups excluding carboxylic acids is 2. The Morgan fingerprint density at radius 3 is 2.72 bits per heavy atom. The summed E-state index contributed by atoms with van der Waals surface area (Å²) < 4.78 is 5.59. The third kappa shape index (κ3) is 5.53. The van der Waals surface area contributed by atoms with Crippen molar-refractivity contribution in [2.45, 2.75) is 63.5 Å². The fraction of sp³-hybridized carbons (Fsp3) is 0.538. The first-order chi connectivity index (χ1) is 17.6. The summed E-state index contributed by atoms with van der Waals surface area (Å²) >= 11 is 0. The predicted molar refractivity (Wildman–Crippen MR) is 139 cm³/mol. The van der Waals surface area contributed by atoms with Gasteiger partial charge >= 0.3 is 0 Å². The van der Waals surface area contributed by atoms with Crippen molar-refractivity contribution in [2.24, 2.45) is 0 Å². The summed E-state index contributed by atoms with van der Waals surface area (Å²) in [6.45, 7) is 2.48. The van der Waals surface area contributed by atoms with E-state index in [1.54, 1.807) is 25.4 Å². The molecule has 1 saturated heterocycles. The maximum Gasteiger partial charge on any atom is 0.251 e. The van der Waals surface area contributed by atoms with Gasteiger partial charge in [0.2, 0.25) is 11.9 Å². The first-order valence-electron chi connectivity index (χ1n) is 13.0. The van der Waals surface area contributed by atoms with Crippen molar-refractivity contribution < 1.29 is 14.3 Å². The van der Waals surface area contributed by atoms with Crippen molar-refractivity contribution in [2.75, 3.05) is 42.3 Å². The molecule has 0 atom stereocenters. The second kappa shape index (κ2) is 11.1. The Morgan fingerprint density at radius 2 is 1.94 bits per heavy atom. The highest BCUT2D eigenvalue weighted by Crippen LogP contribution is 2.34. The van der Waals surface area contributed by atoms with Gasteiger partial charge in [-0.25, -0.2) is 4.98 Å². The Balaban J connectivity index is 1.35. The van der Waals surface area contributed by atoms with Crippen molar-refractivity contribution in [3.05, 3.63) is 30.0 Å². The lowest BCUT2D eigenvalue weighted by atomic mass is 9.94. The highest BCUT2D eigenvalue weighted by Gasteiger charge is 2.28. The topological polar surface area (TPSA) is 121 Å². The number of benzene rings is 1. The van der Waals surface area contributed by atoms with Gasteiger partial charge in [0, 0.05) is 30.6 Å². The molecule has 1 aliphatic carbocycles. The molecule has 1 aromatic heterocycles. The molecule has 2 fully saturated rings. The molecule has 36 heavy (non-hydrogen) atoms. The average molecular weight is 494 g/mol. The van der Waals surface area contributed by atoms with E-state index in [1.807, 2.05) is 6.07 Å². The van der Waals surface area contributed by atoms with Crippen LogP contribution in [0.3, 0.4) is 0 Å². The summed E-state index contributed by atoms with van der Waals surface area (Å²) in [5.74, 6) is 1.58. The summed E-state index contributed by atoms with van der Waals surface area (Å²) in [5.41, 5.74) is 1.85. The van der Waals surface area contributed by atoms with E-state index in [9.17, 15) is 9.59 Å². The lowest BCUT2D eigenvalue weighted by Gasteiger charge is -2.34. The minimum absolute atomic E-state index is 0.0149. The number of aromatic nitrogens is 2. The quantitative estimate of drug-likeness (QED) is 0.484. The lowest BCUT2D eigenvalue weighted by Crippen LogP contribution is -2.42. The largest absolute Gasteiger partial charge is 0.495 e. The number of fused-ring (bicyclic) bond motifs is 1. The Kier molecular flexibility index (Phi) is 7.50. The minimum Gasteiger partial charge on any atom is -0.495 e. The van der Waals surface area contributed by atoms with E-state index < -0.39 is 0 Å². The fourth-order valence-electron chi connectivity index (χ4n) is 5.32. The maximum atomic E-state index is 12.8. The molecule has 10 heteroatoms. The van der Waals surface area contributed by atoms with Crippen LogP contribution >= 0.6 is 0 Å². The highest BCUT2D eigenvalue weighted by atomic mass is 16.5. The van der Waals surface area contributed by atoms with Crippen molar-refractivity contribution in [3.8, 4) is 5.75 Å². The molecule has 2 aromatic rings. The number of amides is 2. The third-order valence-corrected chi connectivity index (χ3v) is 7.29. The zero-order valence-corrected chi connectivity index (χ0v) is 20.8. The number of piperidine rings is 1. The second-order valence-corrected chi connectivity index (χ2v) is 9.75. The number of hydrogen-bond donors (Lipinski definition) is 4. The first-order valence-corrected chi connectivity index (χ1v) is 13.0. The van der Waals surface area contributed by atoms with E-state index in [0.29, 0.717) is 47.6 Å². The molecule has 5 rings (SSSR count). The minimum atomic E-state index is -0.105. The SMILES string of the molecule is COc1cc(C(=O)NC2CCNCC2)ccc1Nc1ncc2c(n1)N(C1CCCCC1)CCC(=O)N2. The molecule has 0 bridgehead atoms. The molecular weight excluding hydrogens is 458 g/mol. The molecule has 4 N–H and O–H groups in total. The van der Waals surface area contributed by atoms with Gasteiger partial charge in [-0.15, -0.1) is 0 Å². The van der Waals surface area contributed by atoms with Crippen LogP contribution < -0.4 is 30.9 Å². The van der Waals surface area contributed by atoms with Gasteiger partial charge in [0.1, 0.15) is 11.4 Å². The van der Waals surface area contributed by atoms with Crippen LogP contribution in [-0.4, -0.2) is 60.6 Å². The van der Waals surface area contributed by atoms with E-state index in [1.165, 1.54) is 19.3 Å². The van der Waals surface area contributed by atoms with Gasteiger partial charge in [-0.2, -0.15) is 4.98 Å². The molecule has 0 unspecified atom stereocenters. The number of carbonyl (C=O) groups is 2. The third-order valence-electron chi connectivity index (χ3n) is 7.29. The maximum absolute atomic E-state index is 12.8. The second-order valence-electron chi connectivity index (χ2n) is 9.75. The standard InChI is InChI=1S/C26H35N7O3/c1-36-22-15-17(25(35)29-18-9-12-27-13-10-18)7-8-20(22)31-26-28-16-21-24(32-26)33(14-11-23(34)30-21)19-5-3-2-4-6-19/h7-8,15-16,18-19,27H,2-6,9-14H2,1H3,(H,29,35)(H,30,34)(H,28,31,32). The number of anilines is 4. The van der Waals surface area contributed by atoms with Crippen LogP contribution in [0.4, 0.5) is 23.1 Å². The van der Waals surface area contributed by atoms with Crippen LogP contribution in [0.15, 0.2) is 24.4 Å². The molecule has 3 aliphatic rings. The fourth-order valence-corrected chi connectivity index (χ4v) is 5.32. The van der Waals surface area contributed by atoms with E-state index in [2.05, 4.69) is 31.2 Å². The van der Waals surface area contributed by atoms with E-state index in [0.717, 1.165) is 44.6 Å². The highest BCUT2D eigenvalue weighted by molar-refractivity contribution is 5.96. The molecule has 10 nitrogen and oxygen atoms in total. The van der Waals surface area contributed by atoms with Gasteiger partial charge in [0.15, 0.2) is 5.82 Å². The van der Waals surface area contributed by atoms with Crippen LogP contribution in [0, 0.1) is 0 Å². The monoisotopic (exact) mass is 493 g/mol. The zero-order valence-electron chi connectivity index (χ0n) is 20.8. The van der Waals surface area contributed by atoms with Gasteiger partial charge in [-0.05, 0) is 57.0 Å². The number of methoxy groups -OCH3 is 1. The van der Waals surface area contributed by atoms with Crippen molar-refractivity contribution in [1.29, 1.82) is 0 Å². The van der Waals surface area contributed by atoms with Crippen LogP contribution in [0.2, 0.25) is 0 Å². The van der Waals surface area contributed by atoms with Crippen LogP contribution in [0.25, 0.3) is 0 Å². The van der Waals surface area contributed by atoms with Gasteiger partial charge in [0.25, 0.3) is 5.91 Å². The van der Waals surface area contributed by atoms with E-state index in [4.69, 9.17) is 9.72 Å². The van der Waals surface area contributed by atoms with Gasteiger partial charge in [0.05, 0.1) is 19.0 Å².